The van der Waals surface area contributed by atoms with Crippen molar-refractivity contribution in [2.45, 2.75) is 13.3 Å². The molecule has 0 bridgehead atoms. The molecule has 6 nitrogen and oxygen atoms in total. The molecule has 0 aliphatic carbocycles. The second kappa shape index (κ2) is 4.77. The molecule has 0 fully saturated rings. The van der Waals surface area contributed by atoms with Crippen molar-refractivity contribution in [2.24, 2.45) is 0 Å². The van der Waals surface area contributed by atoms with Crippen LogP contribution >= 0.6 is 11.3 Å². The highest BCUT2D eigenvalue weighted by Crippen LogP contribution is 2.26. The number of hydrogen-bond acceptors (Lipinski definition) is 7. The maximum Gasteiger partial charge on any atom is 0.261 e. The van der Waals surface area contributed by atoms with Gasteiger partial charge in [-0.2, -0.15) is 4.98 Å². The van der Waals surface area contributed by atoms with Crippen LogP contribution in [-0.4, -0.2) is 25.2 Å². The molecule has 0 aromatic carbocycles. The van der Waals surface area contributed by atoms with Crippen LogP contribution in [0.3, 0.4) is 0 Å². The summed E-state index contributed by atoms with van der Waals surface area (Å²) in [6.07, 6.45) is 3.41. The van der Waals surface area contributed by atoms with Gasteiger partial charge in [-0.3, -0.25) is 4.98 Å². The second-order valence-corrected chi connectivity index (χ2v) is 5.01. The van der Waals surface area contributed by atoms with Crippen LogP contribution in [0.4, 0.5) is 0 Å². The normalized spacial score (nSPS) is 10.8. The number of aromatic hydroxyl groups is 1. The van der Waals surface area contributed by atoms with Gasteiger partial charge in [0.2, 0.25) is 0 Å². The topological polar surface area (TPSA) is 84.9 Å². The number of hydrogen-bond donors (Lipinski definition) is 1. The minimum Gasteiger partial charge on any atom is -0.505 e. The first-order valence-electron chi connectivity index (χ1n) is 5.59. The molecule has 0 amide bonds. The van der Waals surface area contributed by atoms with E-state index in [1.165, 1.54) is 6.20 Å². The van der Waals surface area contributed by atoms with Crippen LogP contribution in [-0.2, 0) is 6.42 Å². The van der Waals surface area contributed by atoms with Gasteiger partial charge in [-0.25, -0.2) is 4.98 Å². The van der Waals surface area contributed by atoms with E-state index < -0.39 is 0 Å². The predicted octanol–water partition coefficient (Wildman–Crippen LogP) is 2.19. The summed E-state index contributed by atoms with van der Waals surface area (Å²) in [4.78, 5) is 12.4. The molecule has 7 heteroatoms. The van der Waals surface area contributed by atoms with Crippen LogP contribution in [0.15, 0.2) is 28.4 Å². The second-order valence-electron chi connectivity index (χ2n) is 3.94. The minimum atomic E-state index is 0.0159. The van der Waals surface area contributed by atoms with E-state index in [9.17, 15) is 5.11 Å². The molecule has 0 aliphatic rings. The largest absolute Gasteiger partial charge is 0.505 e. The van der Waals surface area contributed by atoms with Crippen molar-refractivity contribution < 1.29 is 9.63 Å². The summed E-state index contributed by atoms with van der Waals surface area (Å²) in [6, 6.07) is 1.62. The molecule has 0 atom stereocenters. The van der Waals surface area contributed by atoms with Gasteiger partial charge in [0.1, 0.15) is 5.75 Å². The first kappa shape index (κ1) is 11.8. The molecule has 3 aromatic heterocycles. The van der Waals surface area contributed by atoms with E-state index in [0.29, 0.717) is 17.8 Å². The van der Waals surface area contributed by atoms with Crippen molar-refractivity contribution in [1.29, 1.82) is 0 Å². The summed E-state index contributed by atoms with van der Waals surface area (Å²) in [5, 5.41) is 16.5. The fourth-order valence-electron chi connectivity index (χ4n) is 1.65. The van der Waals surface area contributed by atoms with Crippen LogP contribution in [0.25, 0.3) is 11.5 Å². The average Bonchev–Trinajstić information content (AvgIpc) is 3.00. The van der Waals surface area contributed by atoms with E-state index >= 15 is 0 Å². The van der Waals surface area contributed by atoms with Gasteiger partial charge in [0.25, 0.3) is 5.89 Å². The zero-order valence-electron chi connectivity index (χ0n) is 10.1. The Morgan fingerprint density at radius 2 is 2.26 bits per heavy atom. The van der Waals surface area contributed by atoms with Gasteiger partial charge in [-0.15, -0.1) is 11.3 Å². The Morgan fingerprint density at radius 3 is 3.00 bits per heavy atom. The zero-order valence-corrected chi connectivity index (χ0v) is 10.9. The van der Waals surface area contributed by atoms with Crippen LogP contribution in [0.2, 0.25) is 0 Å². The van der Waals surface area contributed by atoms with Gasteiger partial charge in [0, 0.05) is 11.6 Å². The SMILES string of the molecule is Cc1nc(Cc2noc(-c3ccncc3O)n2)cs1. The van der Waals surface area contributed by atoms with Crippen molar-refractivity contribution in [2.75, 3.05) is 0 Å². The summed E-state index contributed by atoms with van der Waals surface area (Å²) in [7, 11) is 0. The maximum atomic E-state index is 9.67. The van der Waals surface area contributed by atoms with Crippen molar-refractivity contribution >= 4 is 11.3 Å². The Kier molecular flexibility index (Phi) is 2.96. The van der Waals surface area contributed by atoms with Gasteiger partial charge < -0.3 is 9.63 Å². The van der Waals surface area contributed by atoms with Gasteiger partial charge in [-0.05, 0) is 13.0 Å². The fourth-order valence-corrected chi connectivity index (χ4v) is 2.27. The molecule has 3 rings (SSSR count). The first-order chi connectivity index (χ1) is 9.22. The predicted molar refractivity (Wildman–Crippen MR) is 68.9 cm³/mol. The molecule has 0 radical (unpaired) electrons. The summed E-state index contributed by atoms with van der Waals surface area (Å²) in [5.41, 5.74) is 1.39. The summed E-state index contributed by atoms with van der Waals surface area (Å²) in [5.74, 6) is 0.834. The molecule has 0 unspecified atom stereocenters. The van der Waals surface area contributed by atoms with Gasteiger partial charge >= 0.3 is 0 Å². The smallest absolute Gasteiger partial charge is 0.261 e. The van der Waals surface area contributed by atoms with Crippen molar-refractivity contribution in [1.82, 2.24) is 20.1 Å². The Bertz CT molecular complexity index is 707. The van der Waals surface area contributed by atoms with E-state index in [0.717, 1.165) is 10.7 Å². The molecule has 3 aromatic rings. The molecule has 0 aliphatic heterocycles. The number of rotatable bonds is 3. The highest BCUT2D eigenvalue weighted by Gasteiger charge is 2.13. The lowest BCUT2D eigenvalue weighted by Gasteiger charge is -1.95. The molecular formula is C12H10N4O2S. The third-order valence-corrected chi connectivity index (χ3v) is 3.33. The van der Waals surface area contributed by atoms with Crippen LogP contribution in [0.5, 0.6) is 5.75 Å². The molecule has 0 spiro atoms. The Hall–Kier alpha value is -2.28. The van der Waals surface area contributed by atoms with Crippen molar-refractivity contribution in [3.63, 3.8) is 0 Å². The van der Waals surface area contributed by atoms with Crippen molar-refractivity contribution in [3.8, 4) is 17.2 Å². The summed E-state index contributed by atoms with van der Waals surface area (Å²) in [6.45, 7) is 1.95. The van der Waals surface area contributed by atoms with Gasteiger partial charge in [0.15, 0.2) is 5.82 Å². The molecule has 19 heavy (non-hydrogen) atoms. The van der Waals surface area contributed by atoms with Crippen LogP contribution < -0.4 is 0 Å². The minimum absolute atomic E-state index is 0.0159. The number of pyridine rings is 1. The Balaban J connectivity index is 1.86. The van der Waals surface area contributed by atoms with Crippen LogP contribution in [0, 0.1) is 6.92 Å². The molecule has 3 heterocycles. The standard InChI is InChI=1S/C12H10N4O2S/c1-7-14-8(6-19-7)4-11-15-12(18-16-11)9-2-3-13-5-10(9)17/h2-3,5-6,17H,4H2,1H3. The number of aryl methyl sites for hydroxylation is 1. The van der Waals surface area contributed by atoms with Gasteiger partial charge in [-0.1, -0.05) is 5.16 Å². The monoisotopic (exact) mass is 274 g/mol. The molecule has 0 saturated carbocycles. The lowest BCUT2D eigenvalue weighted by Crippen LogP contribution is -1.91. The first-order valence-corrected chi connectivity index (χ1v) is 6.47. The van der Waals surface area contributed by atoms with E-state index in [2.05, 4.69) is 20.1 Å². The Morgan fingerprint density at radius 1 is 1.37 bits per heavy atom. The number of nitrogens with zero attached hydrogens (tertiary/aromatic N) is 4. The molecule has 96 valence electrons. The van der Waals surface area contributed by atoms with E-state index in [4.69, 9.17) is 4.52 Å². The third kappa shape index (κ3) is 2.45. The maximum absolute atomic E-state index is 9.67. The van der Waals surface area contributed by atoms with Gasteiger partial charge in [0.05, 0.1) is 28.9 Å². The summed E-state index contributed by atoms with van der Waals surface area (Å²) < 4.78 is 5.14. The van der Waals surface area contributed by atoms with E-state index in [1.54, 1.807) is 23.6 Å². The average molecular weight is 274 g/mol. The quantitative estimate of drug-likeness (QED) is 0.788. The Labute approximate surface area is 112 Å². The third-order valence-electron chi connectivity index (χ3n) is 2.50. The number of thiazole rings is 1. The molecule has 1 N–H and O–H groups in total. The van der Waals surface area contributed by atoms with E-state index in [-0.39, 0.29) is 11.6 Å². The zero-order chi connectivity index (χ0) is 13.2. The summed E-state index contributed by atoms with van der Waals surface area (Å²) >= 11 is 1.58. The lowest BCUT2D eigenvalue weighted by atomic mass is 10.2. The van der Waals surface area contributed by atoms with Crippen LogP contribution in [0.1, 0.15) is 16.5 Å². The highest BCUT2D eigenvalue weighted by molar-refractivity contribution is 7.09. The number of aromatic nitrogens is 4. The molecular weight excluding hydrogens is 264 g/mol. The van der Waals surface area contributed by atoms with Crippen molar-refractivity contribution in [3.05, 3.63) is 40.4 Å². The lowest BCUT2D eigenvalue weighted by molar-refractivity contribution is 0.418. The highest BCUT2D eigenvalue weighted by atomic mass is 32.1. The molecule has 0 saturated heterocycles. The fraction of sp³-hybridized carbons (Fsp3) is 0.167. The van der Waals surface area contributed by atoms with E-state index in [1.807, 2.05) is 12.3 Å².